The summed E-state index contributed by atoms with van der Waals surface area (Å²) in [4.78, 5) is 37.8. The lowest BCUT2D eigenvalue weighted by atomic mass is 10.1. The number of rotatable bonds is 4. The summed E-state index contributed by atoms with van der Waals surface area (Å²) in [6.07, 6.45) is -3.31. The highest BCUT2D eigenvalue weighted by Gasteiger charge is 2.36. The van der Waals surface area contributed by atoms with Crippen molar-refractivity contribution in [3.8, 4) is 0 Å². The van der Waals surface area contributed by atoms with Crippen LogP contribution < -0.4 is 5.32 Å². The molecule has 1 N–H and O–H groups in total. The Labute approximate surface area is 174 Å². The Bertz CT molecular complexity index is 1040. The van der Waals surface area contributed by atoms with Crippen LogP contribution in [-0.4, -0.2) is 28.5 Å². The smallest absolute Gasteiger partial charge is 0.324 e. The highest BCUT2D eigenvalue weighted by Crippen LogP contribution is 2.34. The van der Waals surface area contributed by atoms with E-state index in [4.69, 9.17) is 0 Å². The molecule has 1 aliphatic heterocycles. The number of imide groups is 1. The maximum atomic E-state index is 12.9. The van der Waals surface area contributed by atoms with Gasteiger partial charge in [0.1, 0.15) is 6.54 Å². The van der Waals surface area contributed by atoms with Crippen LogP contribution in [0, 0.1) is 13.8 Å². The fourth-order valence-electron chi connectivity index (χ4n) is 2.93. The first-order valence-corrected chi connectivity index (χ1v) is 9.66. The Balaban J connectivity index is 1.75. The lowest BCUT2D eigenvalue weighted by Crippen LogP contribution is -2.36. The van der Waals surface area contributed by atoms with E-state index in [1.807, 2.05) is 32.0 Å². The number of thioether (sulfide) groups is 1. The van der Waals surface area contributed by atoms with Crippen molar-refractivity contribution in [3.63, 3.8) is 0 Å². The molecule has 156 valence electrons. The van der Waals surface area contributed by atoms with E-state index in [9.17, 15) is 27.6 Å². The predicted molar refractivity (Wildman–Crippen MR) is 109 cm³/mol. The molecule has 2 aromatic carbocycles. The normalized spacial score (nSPS) is 15.8. The molecule has 0 atom stereocenters. The summed E-state index contributed by atoms with van der Waals surface area (Å²) >= 11 is 0.582. The molecule has 3 amide bonds. The molecule has 3 rings (SSSR count). The summed E-state index contributed by atoms with van der Waals surface area (Å²) < 4.78 is 38.6. The monoisotopic (exact) mass is 434 g/mol. The number of para-hydroxylation sites is 1. The van der Waals surface area contributed by atoms with Gasteiger partial charge in [-0.25, -0.2) is 0 Å². The zero-order chi connectivity index (χ0) is 22.1. The van der Waals surface area contributed by atoms with E-state index in [0.717, 1.165) is 28.2 Å². The first-order chi connectivity index (χ1) is 14.1. The number of carbonyl (C=O) groups excluding carboxylic acids is 3. The largest absolute Gasteiger partial charge is 0.416 e. The number of hydrogen-bond acceptors (Lipinski definition) is 4. The van der Waals surface area contributed by atoms with Crippen LogP contribution >= 0.6 is 11.8 Å². The summed E-state index contributed by atoms with van der Waals surface area (Å²) in [7, 11) is 0. The van der Waals surface area contributed by atoms with Crippen LogP contribution in [-0.2, 0) is 15.8 Å². The molecule has 0 saturated carbocycles. The van der Waals surface area contributed by atoms with Gasteiger partial charge in [0.05, 0.1) is 10.5 Å². The van der Waals surface area contributed by atoms with Crippen molar-refractivity contribution < 1.29 is 27.6 Å². The predicted octanol–water partition coefficient (Wildman–Crippen LogP) is 5.00. The molecule has 9 heteroatoms. The number of amides is 3. The Kier molecular flexibility index (Phi) is 6.02. The van der Waals surface area contributed by atoms with E-state index in [1.54, 1.807) is 0 Å². The molecule has 0 spiro atoms. The van der Waals surface area contributed by atoms with E-state index < -0.39 is 35.3 Å². The van der Waals surface area contributed by atoms with Gasteiger partial charge in [-0.2, -0.15) is 13.2 Å². The third-order valence-corrected chi connectivity index (χ3v) is 5.34. The molecule has 2 aromatic rings. The third kappa shape index (κ3) is 4.73. The summed E-state index contributed by atoms with van der Waals surface area (Å²) in [6.45, 7) is 3.15. The molecule has 30 heavy (non-hydrogen) atoms. The summed E-state index contributed by atoms with van der Waals surface area (Å²) in [5.41, 5.74) is 1.55. The molecule has 1 heterocycles. The molecule has 5 nitrogen and oxygen atoms in total. The molecular weight excluding hydrogens is 417 g/mol. The standard InChI is InChI=1S/C21H17F3N2O3S/c1-12-5-3-6-13(2)18(12)25-17(27)11-26-19(28)16(30-20(26)29)10-14-7-4-8-15(9-14)21(22,23)24/h3-10H,11H2,1-2H3,(H,25,27)/b16-10+. The number of benzene rings is 2. The highest BCUT2D eigenvalue weighted by molar-refractivity contribution is 8.18. The minimum atomic E-state index is -4.52. The maximum absolute atomic E-state index is 12.9. The van der Waals surface area contributed by atoms with Gasteiger partial charge in [0.15, 0.2) is 0 Å². The topological polar surface area (TPSA) is 66.5 Å². The SMILES string of the molecule is Cc1cccc(C)c1NC(=O)CN1C(=O)S/C(=C/c2cccc(C(F)(F)F)c2)C1=O. The molecule has 0 radical (unpaired) electrons. The molecule has 0 unspecified atom stereocenters. The van der Waals surface area contributed by atoms with E-state index in [2.05, 4.69) is 5.32 Å². The molecule has 1 saturated heterocycles. The fraction of sp³-hybridized carbons (Fsp3) is 0.190. The van der Waals surface area contributed by atoms with Crippen LogP contribution in [0.15, 0.2) is 47.4 Å². The van der Waals surface area contributed by atoms with E-state index >= 15 is 0 Å². The molecule has 0 bridgehead atoms. The third-order valence-electron chi connectivity index (χ3n) is 4.43. The van der Waals surface area contributed by atoms with Crippen LogP contribution in [0.3, 0.4) is 0 Å². The number of aryl methyl sites for hydroxylation is 2. The minimum absolute atomic E-state index is 0.0424. The zero-order valence-electron chi connectivity index (χ0n) is 16.0. The highest BCUT2D eigenvalue weighted by atomic mass is 32.2. The van der Waals surface area contributed by atoms with Crippen molar-refractivity contribution in [2.75, 3.05) is 11.9 Å². The van der Waals surface area contributed by atoms with Gasteiger partial charge in [0.25, 0.3) is 11.1 Å². The van der Waals surface area contributed by atoms with Gasteiger partial charge in [-0.3, -0.25) is 19.3 Å². The zero-order valence-corrected chi connectivity index (χ0v) is 16.9. The van der Waals surface area contributed by atoms with Gasteiger partial charge in [-0.05, 0) is 60.5 Å². The van der Waals surface area contributed by atoms with Crippen molar-refractivity contribution in [3.05, 3.63) is 69.6 Å². The van der Waals surface area contributed by atoms with Crippen molar-refractivity contribution in [2.24, 2.45) is 0 Å². The Morgan fingerprint density at radius 1 is 1.10 bits per heavy atom. The van der Waals surface area contributed by atoms with Crippen molar-refractivity contribution in [1.29, 1.82) is 0 Å². The summed E-state index contributed by atoms with van der Waals surface area (Å²) in [5.74, 6) is -1.27. The lowest BCUT2D eigenvalue weighted by molar-refractivity contribution is -0.137. The molecular formula is C21H17F3N2O3S. The Morgan fingerprint density at radius 2 is 1.73 bits per heavy atom. The Hall–Kier alpha value is -3.07. The van der Waals surface area contributed by atoms with E-state index in [-0.39, 0.29) is 10.5 Å². The Morgan fingerprint density at radius 3 is 2.37 bits per heavy atom. The van der Waals surface area contributed by atoms with Gasteiger partial charge in [0, 0.05) is 5.69 Å². The van der Waals surface area contributed by atoms with Gasteiger partial charge >= 0.3 is 6.18 Å². The first kappa shape index (κ1) is 21.6. The average Bonchev–Trinajstić information content (AvgIpc) is 2.92. The minimum Gasteiger partial charge on any atom is -0.324 e. The second-order valence-corrected chi connectivity index (χ2v) is 7.70. The number of carbonyl (C=O) groups is 3. The number of anilines is 1. The van der Waals surface area contributed by atoms with Crippen molar-refractivity contribution in [1.82, 2.24) is 4.90 Å². The van der Waals surface area contributed by atoms with Crippen LogP contribution in [0.25, 0.3) is 6.08 Å². The molecule has 0 aromatic heterocycles. The van der Waals surface area contributed by atoms with Crippen LogP contribution in [0.4, 0.5) is 23.7 Å². The summed E-state index contributed by atoms with van der Waals surface area (Å²) in [5, 5.41) is 2.04. The molecule has 0 aliphatic carbocycles. The maximum Gasteiger partial charge on any atom is 0.416 e. The summed E-state index contributed by atoms with van der Waals surface area (Å²) in [6, 6.07) is 9.91. The van der Waals surface area contributed by atoms with E-state index in [0.29, 0.717) is 17.4 Å². The number of alkyl halides is 3. The molecule has 1 fully saturated rings. The fourth-order valence-corrected chi connectivity index (χ4v) is 3.76. The number of nitrogens with one attached hydrogen (secondary N) is 1. The van der Waals surface area contributed by atoms with Crippen LogP contribution in [0.5, 0.6) is 0 Å². The number of hydrogen-bond donors (Lipinski definition) is 1. The second-order valence-electron chi connectivity index (χ2n) is 6.71. The quantitative estimate of drug-likeness (QED) is 0.688. The van der Waals surface area contributed by atoms with Crippen molar-refractivity contribution >= 4 is 40.6 Å². The van der Waals surface area contributed by atoms with Crippen LogP contribution in [0.1, 0.15) is 22.3 Å². The number of halogens is 3. The van der Waals surface area contributed by atoms with E-state index in [1.165, 1.54) is 18.2 Å². The van der Waals surface area contributed by atoms with Gasteiger partial charge in [-0.1, -0.05) is 30.3 Å². The first-order valence-electron chi connectivity index (χ1n) is 8.85. The molecule has 1 aliphatic rings. The van der Waals surface area contributed by atoms with Gasteiger partial charge < -0.3 is 5.32 Å². The van der Waals surface area contributed by atoms with Gasteiger partial charge in [0.2, 0.25) is 5.91 Å². The second kappa shape index (κ2) is 8.35. The number of nitrogens with zero attached hydrogens (tertiary/aromatic N) is 1. The van der Waals surface area contributed by atoms with Crippen molar-refractivity contribution in [2.45, 2.75) is 20.0 Å². The van der Waals surface area contributed by atoms with Crippen LogP contribution in [0.2, 0.25) is 0 Å². The lowest BCUT2D eigenvalue weighted by Gasteiger charge is -2.15. The van der Waals surface area contributed by atoms with Gasteiger partial charge in [-0.15, -0.1) is 0 Å². The average molecular weight is 434 g/mol.